The van der Waals surface area contributed by atoms with Gasteiger partial charge in [-0.1, -0.05) is 35.0 Å². The molecule has 9 heteroatoms. The van der Waals surface area contributed by atoms with Gasteiger partial charge in [0.25, 0.3) is 5.56 Å². The van der Waals surface area contributed by atoms with Gasteiger partial charge < -0.3 is 4.52 Å². The second-order valence-corrected chi connectivity index (χ2v) is 7.72. The maximum absolute atomic E-state index is 15.2. The van der Waals surface area contributed by atoms with Gasteiger partial charge in [0.15, 0.2) is 11.3 Å². The number of halogens is 1. The highest BCUT2D eigenvalue weighted by Crippen LogP contribution is 2.53. The minimum Gasteiger partial charge on any atom is -0.337 e. The zero-order valence-electron chi connectivity index (χ0n) is 16.0. The Hall–Kier alpha value is -3.36. The predicted molar refractivity (Wildman–Crippen MR) is 101 cm³/mol. The molecule has 0 atom stereocenters. The second kappa shape index (κ2) is 6.33. The highest BCUT2D eigenvalue weighted by Gasteiger charge is 2.48. The quantitative estimate of drug-likeness (QED) is 0.529. The van der Waals surface area contributed by atoms with Crippen molar-refractivity contribution in [3.63, 3.8) is 0 Å². The molecule has 0 bridgehead atoms. The number of hydrogen-bond donors (Lipinski definition) is 0. The van der Waals surface area contributed by atoms with Crippen LogP contribution in [0.4, 0.5) is 4.39 Å². The lowest BCUT2D eigenvalue weighted by Gasteiger charge is -2.40. The van der Waals surface area contributed by atoms with Gasteiger partial charge in [-0.05, 0) is 32.3 Å². The number of benzene rings is 1. The normalized spacial score (nSPS) is 21.4. The first-order valence-electron chi connectivity index (χ1n) is 9.41. The minimum absolute atomic E-state index is 0.103. The van der Waals surface area contributed by atoms with E-state index in [9.17, 15) is 4.79 Å². The van der Waals surface area contributed by atoms with Crippen LogP contribution >= 0.6 is 0 Å². The first-order valence-corrected chi connectivity index (χ1v) is 9.41. The molecule has 1 aromatic carbocycles. The standard InChI is InChI=1S/C20H19FN6O2/c1-12-4-3-5-15(6-12)20(21)7-14(8-20)18-24-16(29-25-18)10-26-11-23-27-17(19(26)28)13(2)9-22-27/h3-6,9,11,14H,7-8,10H2,1-2H3. The van der Waals surface area contributed by atoms with E-state index in [1.54, 1.807) is 13.1 Å². The number of fused-ring (bicyclic) bond motifs is 1. The lowest BCUT2D eigenvalue weighted by Crippen LogP contribution is -2.36. The molecule has 29 heavy (non-hydrogen) atoms. The average Bonchev–Trinajstić information content (AvgIpc) is 3.28. The van der Waals surface area contributed by atoms with E-state index in [0.717, 1.165) is 11.1 Å². The lowest BCUT2D eigenvalue weighted by molar-refractivity contribution is 0.0335. The third kappa shape index (κ3) is 2.93. The van der Waals surface area contributed by atoms with Crippen molar-refractivity contribution in [1.82, 2.24) is 29.5 Å². The Kier molecular flexibility index (Phi) is 3.87. The van der Waals surface area contributed by atoms with E-state index in [4.69, 9.17) is 4.52 Å². The van der Waals surface area contributed by atoms with E-state index < -0.39 is 5.67 Å². The van der Waals surface area contributed by atoms with E-state index in [1.165, 1.54) is 15.5 Å². The molecule has 3 aromatic heterocycles. The van der Waals surface area contributed by atoms with Crippen molar-refractivity contribution >= 4 is 5.52 Å². The van der Waals surface area contributed by atoms with Crippen LogP contribution in [0.3, 0.4) is 0 Å². The molecule has 5 rings (SSSR count). The Morgan fingerprint density at radius 1 is 1.28 bits per heavy atom. The van der Waals surface area contributed by atoms with E-state index in [2.05, 4.69) is 20.3 Å². The number of rotatable bonds is 4. The Morgan fingerprint density at radius 2 is 2.10 bits per heavy atom. The SMILES string of the molecule is Cc1cccc(C2(F)CC(c3noc(Cn4cnn5ncc(C)c5c4=O)n3)C2)c1. The monoisotopic (exact) mass is 394 g/mol. The largest absolute Gasteiger partial charge is 0.337 e. The molecule has 0 N–H and O–H groups in total. The molecule has 1 aliphatic rings. The van der Waals surface area contributed by atoms with Gasteiger partial charge in [0.05, 0.1) is 6.20 Å². The summed E-state index contributed by atoms with van der Waals surface area (Å²) in [5.74, 6) is 0.660. The van der Waals surface area contributed by atoms with Crippen molar-refractivity contribution in [3.05, 3.63) is 75.5 Å². The zero-order chi connectivity index (χ0) is 20.2. The summed E-state index contributed by atoms with van der Waals surface area (Å²) < 4.78 is 23.2. The van der Waals surface area contributed by atoms with Gasteiger partial charge in [0.1, 0.15) is 18.5 Å². The molecule has 0 saturated heterocycles. The molecule has 1 fully saturated rings. The van der Waals surface area contributed by atoms with E-state index >= 15 is 4.39 Å². The number of nitrogens with zero attached hydrogens (tertiary/aromatic N) is 6. The molecule has 0 unspecified atom stereocenters. The van der Waals surface area contributed by atoms with Gasteiger partial charge in [-0.2, -0.15) is 10.1 Å². The summed E-state index contributed by atoms with van der Waals surface area (Å²) in [6.45, 7) is 3.86. The Morgan fingerprint density at radius 3 is 2.90 bits per heavy atom. The Balaban J connectivity index is 1.33. The molecular weight excluding hydrogens is 375 g/mol. The Labute approximate surface area is 165 Å². The van der Waals surface area contributed by atoms with Gasteiger partial charge >= 0.3 is 0 Å². The summed E-state index contributed by atoms with van der Waals surface area (Å²) in [5, 5.41) is 12.1. The van der Waals surface area contributed by atoms with Gasteiger partial charge in [-0.3, -0.25) is 9.36 Å². The van der Waals surface area contributed by atoms with Gasteiger partial charge in [0, 0.05) is 11.5 Å². The van der Waals surface area contributed by atoms with Crippen molar-refractivity contribution in [2.24, 2.45) is 0 Å². The molecule has 4 aromatic rings. The summed E-state index contributed by atoms with van der Waals surface area (Å²) in [6.07, 6.45) is 3.61. The average molecular weight is 394 g/mol. The highest BCUT2D eigenvalue weighted by molar-refractivity contribution is 5.49. The van der Waals surface area contributed by atoms with Crippen LogP contribution < -0.4 is 5.56 Å². The van der Waals surface area contributed by atoms with Crippen molar-refractivity contribution < 1.29 is 8.91 Å². The van der Waals surface area contributed by atoms with E-state index in [-0.39, 0.29) is 23.9 Å². The van der Waals surface area contributed by atoms with Crippen molar-refractivity contribution in [1.29, 1.82) is 0 Å². The maximum atomic E-state index is 15.2. The van der Waals surface area contributed by atoms with E-state index in [1.807, 2.05) is 31.2 Å². The van der Waals surface area contributed by atoms with Crippen LogP contribution in [0.25, 0.3) is 5.52 Å². The number of aromatic nitrogens is 6. The predicted octanol–water partition coefficient (Wildman–Crippen LogP) is 2.68. The molecule has 1 saturated carbocycles. The molecule has 148 valence electrons. The minimum atomic E-state index is -1.36. The summed E-state index contributed by atoms with van der Waals surface area (Å²) >= 11 is 0. The van der Waals surface area contributed by atoms with Crippen molar-refractivity contribution in [3.8, 4) is 0 Å². The topological polar surface area (TPSA) is 91.1 Å². The molecule has 3 heterocycles. The van der Waals surface area contributed by atoms with E-state index in [0.29, 0.717) is 29.7 Å². The first kappa shape index (κ1) is 17.7. The number of hydrogen-bond acceptors (Lipinski definition) is 6. The molecule has 0 amide bonds. The summed E-state index contributed by atoms with van der Waals surface area (Å²) in [7, 11) is 0. The third-order valence-electron chi connectivity index (χ3n) is 5.53. The van der Waals surface area contributed by atoms with Crippen LogP contribution in [0.2, 0.25) is 0 Å². The molecule has 1 aliphatic carbocycles. The van der Waals surface area contributed by atoms with Crippen LogP contribution in [0.15, 0.2) is 46.1 Å². The molecule has 0 spiro atoms. The third-order valence-corrected chi connectivity index (χ3v) is 5.53. The molecule has 0 radical (unpaired) electrons. The van der Waals surface area contributed by atoms with Gasteiger partial charge in [-0.15, -0.1) is 9.73 Å². The zero-order valence-corrected chi connectivity index (χ0v) is 16.0. The summed E-state index contributed by atoms with van der Waals surface area (Å²) in [5.41, 5.74) is 1.29. The number of alkyl halides is 1. The maximum Gasteiger partial charge on any atom is 0.280 e. The van der Waals surface area contributed by atoms with Crippen LogP contribution in [0.1, 0.15) is 47.2 Å². The Bertz CT molecular complexity index is 1270. The molecule has 0 aliphatic heterocycles. The molecule has 8 nitrogen and oxygen atoms in total. The fourth-order valence-electron chi connectivity index (χ4n) is 3.88. The fraction of sp³-hybridized carbons (Fsp3) is 0.350. The van der Waals surface area contributed by atoms with Crippen molar-refractivity contribution in [2.75, 3.05) is 0 Å². The second-order valence-electron chi connectivity index (χ2n) is 7.72. The van der Waals surface area contributed by atoms with Crippen LogP contribution in [0, 0.1) is 13.8 Å². The smallest absolute Gasteiger partial charge is 0.280 e. The highest BCUT2D eigenvalue weighted by atomic mass is 19.1. The number of aryl methyl sites for hydroxylation is 2. The van der Waals surface area contributed by atoms with Crippen LogP contribution in [0.5, 0.6) is 0 Å². The van der Waals surface area contributed by atoms with Crippen LogP contribution in [-0.4, -0.2) is 29.5 Å². The summed E-state index contributed by atoms with van der Waals surface area (Å²) in [4.78, 5) is 17.0. The fourth-order valence-corrected chi connectivity index (χ4v) is 3.88. The lowest BCUT2D eigenvalue weighted by atomic mass is 9.68. The van der Waals surface area contributed by atoms with Gasteiger partial charge in [-0.25, -0.2) is 4.39 Å². The van der Waals surface area contributed by atoms with Crippen molar-refractivity contribution in [2.45, 2.75) is 44.8 Å². The van der Waals surface area contributed by atoms with Gasteiger partial charge in [0.2, 0.25) is 5.89 Å². The first-order chi connectivity index (χ1) is 13.9. The van der Waals surface area contributed by atoms with Crippen LogP contribution in [-0.2, 0) is 12.2 Å². The summed E-state index contributed by atoms with van der Waals surface area (Å²) in [6, 6.07) is 7.52. The molecular formula is C20H19FN6O2.